The first kappa shape index (κ1) is 21.9. The molecule has 0 spiro atoms. The lowest BCUT2D eigenvalue weighted by Gasteiger charge is -2.34. The number of methoxy groups -OCH3 is 1. The lowest BCUT2D eigenvalue weighted by atomic mass is 9.88. The van der Waals surface area contributed by atoms with Crippen molar-refractivity contribution in [1.29, 1.82) is 0 Å². The van der Waals surface area contributed by atoms with Gasteiger partial charge in [0.15, 0.2) is 0 Å². The van der Waals surface area contributed by atoms with Crippen LogP contribution >= 0.6 is 11.9 Å². The Labute approximate surface area is 184 Å². The highest BCUT2D eigenvalue weighted by Crippen LogP contribution is 2.34. The van der Waals surface area contributed by atoms with Crippen LogP contribution < -0.4 is 0 Å². The third-order valence-electron chi connectivity index (χ3n) is 6.71. The van der Waals surface area contributed by atoms with Crippen molar-refractivity contribution in [2.45, 2.75) is 44.4 Å². The standard InChI is InChI=1S/C24H34N2O3S/c1-28-17-11-24(27)30-26-15-7-19(8-16-26)6-12-25-13-9-20(10-14-25)22-18-29-23-5-3-2-4-21(22)23/h2-5,18-20H,6-17H2,1H3. The number of furan rings is 1. The minimum absolute atomic E-state index is 0.226. The van der Waals surface area contributed by atoms with Crippen molar-refractivity contribution in [2.75, 3.05) is 46.4 Å². The number of benzene rings is 1. The molecule has 2 aliphatic heterocycles. The molecule has 0 amide bonds. The van der Waals surface area contributed by atoms with E-state index in [1.165, 1.54) is 74.6 Å². The summed E-state index contributed by atoms with van der Waals surface area (Å²) in [7, 11) is 1.64. The molecule has 1 aromatic heterocycles. The highest BCUT2D eigenvalue weighted by molar-refractivity contribution is 8.11. The summed E-state index contributed by atoms with van der Waals surface area (Å²) < 4.78 is 13.0. The zero-order valence-electron chi connectivity index (χ0n) is 18.1. The zero-order chi connectivity index (χ0) is 20.8. The normalized spacial score (nSPS) is 20.2. The van der Waals surface area contributed by atoms with Crippen LogP contribution in [0.3, 0.4) is 0 Å². The summed E-state index contributed by atoms with van der Waals surface area (Å²) in [5.74, 6) is 1.42. The predicted octanol–water partition coefficient (Wildman–Crippen LogP) is 4.93. The van der Waals surface area contributed by atoms with Gasteiger partial charge in [0.05, 0.1) is 12.9 Å². The molecule has 30 heavy (non-hydrogen) atoms. The van der Waals surface area contributed by atoms with Crippen LogP contribution in [-0.4, -0.2) is 60.8 Å². The smallest absolute Gasteiger partial charge is 0.206 e. The summed E-state index contributed by atoms with van der Waals surface area (Å²) >= 11 is 1.40. The topological polar surface area (TPSA) is 45.9 Å². The van der Waals surface area contributed by atoms with E-state index in [1.54, 1.807) is 7.11 Å². The number of nitrogens with zero attached hydrogens (tertiary/aromatic N) is 2. The summed E-state index contributed by atoms with van der Waals surface area (Å²) in [6.07, 6.45) is 8.65. The summed E-state index contributed by atoms with van der Waals surface area (Å²) in [6, 6.07) is 8.40. The van der Waals surface area contributed by atoms with Crippen molar-refractivity contribution < 1.29 is 13.9 Å². The quantitative estimate of drug-likeness (QED) is 0.554. The molecule has 0 aliphatic carbocycles. The van der Waals surface area contributed by atoms with Crippen LogP contribution in [0.2, 0.25) is 0 Å². The van der Waals surface area contributed by atoms with E-state index >= 15 is 0 Å². The van der Waals surface area contributed by atoms with Crippen LogP contribution in [0.5, 0.6) is 0 Å². The third kappa shape index (κ3) is 5.67. The molecule has 1 aromatic carbocycles. The molecule has 2 aliphatic rings. The molecule has 0 atom stereocenters. The Morgan fingerprint density at radius 1 is 1.13 bits per heavy atom. The first-order valence-electron chi connectivity index (χ1n) is 11.4. The number of fused-ring (bicyclic) bond motifs is 1. The van der Waals surface area contributed by atoms with Gasteiger partial charge in [0.1, 0.15) is 5.58 Å². The summed E-state index contributed by atoms with van der Waals surface area (Å²) in [4.78, 5) is 14.5. The van der Waals surface area contributed by atoms with E-state index in [0.29, 0.717) is 18.9 Å². The third-order valence-corrected chi connectivity index (χ3v) is 7.74. The van der Waals surface area contributed by atoms with Gasteiger partial charge in [-0.3, -0.25) is 4.79 Å². The fourth-order valence-electron chi connectivity index (χ4n) is 4.81. The number of rotatable bonds is 8. The van der Waals surface area contributed by atoms with Gasteiger partial charge in [-0.15, -0.1) is 0 Å². The van der Waals surface area contributed by atoms with E-state index in [9.17, 15) is 4.79 Å². The molecular weight excluding hydrogens is 396 g/mol. The molecule has 164 valence electrons. The monoisotopic (exact) mass is 430 g/mol. The second kappa shape index (κ2) is 10.8. The van der Waals surface area contributed by atoms with Gasteiger partial charge in [-0.05, 0) is 81.6 Å². The molecule has 6 heteroatoms. The number of para-hydroxylation sites is 1. The van der Waals surface area contributed by atoms with E-state index in [4.69, 9.17) is 9.15 Å². The minimum atomic E-state index is 0.226. The van der Waals surface area contributed by atoms with Gasteiger partial charge in [-0.1, -0.05) is 18.2 Å². The maximum atomic E-state index is 11.9. The fraction of sp³-hybridized carbons (Fsp3) is 0.625. The fourth-order valence-corrected chi connectivity index (χ4v) is 5.67. The highest BCUT2D eigenvalue weighted by atomic mass is 32.2. The van der Waals surface area contributed by atoms with Crippen LogP contribution in [0.1, 0.15) is 50.0 Å². The number of ether oxygens (including phenoxy) is 1. The van der Waals surface area contributed by atoms with Gasteiger partial charge in [0.2, 0.25) is 5.12 Å². The Hall–Kier alpha value is -1.34. The van der Waals surface area contributed by atoms with E-state index < -0.39 is 0 Å². The molecule has 2 aromatic rings. The van der Waals surface area contributed by atoms with E-state index in [1.807, 2.05) is 12.3 Å². The Kier molecular flexibility index (Phi) is 7.88. The number of carbonyl (C=O) groups is 1. The molecule has 0 unspecified atom stereocenters. The van der Waals surface area contributed by atoms with Gasteiger partial charge < -0.3 is 14.1 Å². The van der Waals surface area contributed by atoms with Crippen LogP contribution in [0.4, 0.5) is 0 Å². The first-order valence-corrected chi connectivity index (χ1v) is 12.1. The SMILES string of the molecule is COCCC(=O)SN1CCC(CCN2CCC(c3coc4ccccc34)CC2)CC1. The molecule has 4 rings (SSSR count). The van der Waals surface area contributed by atoms with E-state index in [-0.39, 0.29) is 5.12 Å². The van der Waals surface area contributed by atoms with Gasteiger partial charge >= 0.3 is 0 Å². The number of piperidine rings is 2. The maximum absolute atomic E-state index is 11.9. The number of hydrogen-bond acceptors (Lipinski definition) is 6. The largest absolute Gasteiger partial charge is 0.464 e. The Morgan fingerprint density at radius 2 is 1.90 bits per heavy atom. The van der Waals surface area contributed by atoms with Crippen molar-refractivity contribution in [1.82, 2.24) is 9.21 Å². The second-order valence-electron chi connectivity index (χ2n) is 8.67. The van der Waals surface area contributed by atoms with Crippen molar-refractivity contribution >= 4 is 28.0 Å². The van der Waals surface area contributed by atoms with Crippen molar-refractivity contribution in [3.63, 3.8) is 0 Å². The van der Waals surface area contributed by atoms with Crippen LogP contribution in [0.15, 0.2) is 34.9 Å². The molecule has 0 saturated carbocycles. The summed E-state index contributed by atoms with van der Waals surface area (Å²) in [6.45, 7) is 6.17. The molecule has 2 fully saturated rings. The zero-order valence-corrected chi connectivity index (χ0v) is 18.9. The highest BCUT2D eigenvalue weighted by Gasteiger charge is 2.25. The summed E-state index contributed by atoms with van der Waals surface area (Å²) in [5.41, 5.74) is 2.41. The van der Waals surface area contributed by atoms with E-state index in [0.717, 1.165) is 24.6 Å². The van der Waals surface area contributed by atoms with Gasteiger partial charge in [0, 0.05) is 37.6 Å². The van der Waals surface area contributed by atoms with Crippen molar-refractivity contribution in [2.24, 2.45) is 5.92 Å². The minimum Gasteiger partial charge on any atom is -0.464 e. The molecule has 0 bridgehead atoms. The second-order valence-corrected chi connectivity index (χ2v) is 9.82. The molecule has 3 heterocycles. The lowest BCUT2D eigenvalue weighted by molar-refractivity contribution is -0.112. The number of hydrogen-bond donors (Lipinski definition) is 0. The Balaban J connectivity index is 1.15. The van der Waals surface area contributed by atoms with Gasteiger partial charge in [-0.2, -0.15) is 0 Å². The molecule has 5 nitrogen and oxygen atoms in total. The first-order chi connectivity index (χ1) is 14.7. The summed E-state index contributed by atoms with van der Waals surface area (Å²) in [5, 5.41) is 1.52. The van der Waals surface area contributed by atoms with Gasteiger partial charge in [0.25, 0.3) is 0 Å². The average Bonchev–Trinajstić information content (AvgIpc) is 3.22. The van der Waals surface area contributed by atoms with E-state index in [2.05, 4.69) is 27.4 Å². The van der Waals surface area contributed by atoms with Crippen molar-refractivity contribution in [3.05, 3.63) is 36.1 Å². The maximum Gasteiger partial charge on any atom is 0.206 e. The number of likely N-dealkylation sites (tertiary alicyclic amines) is 1. The van der Waals surface area contributed by atoms with Gasteiger partial charge in [-0.25, -0.2) is 4.31 Å². The average molecular weight is 431 g/mol. The molecule has 0 radical (unpaired) electrons. The van der Waals surface area contributed by atoms with Crippen molar-refractivity contribution in [3.8, 4) is 0 Å². The predicted molar refractivity (Wildman–Crippen MR) is 123 cm³/mol. The van der Waals surface area contributed by atoms with Crippen LogP contribution in [0, 0.1) is 5.92 Å². The van der Waals surface area contributed by atoms with Crippen LogP contribution in [-0.2, 0) is 9.53 Å². The lowest BCUT2D eigenvalue weighted by Crippen LogP contribution is -2.36. The molecular formula is C24H34N2O3S. The molecule has 0 N–H and O–H groups in total. The Bertz CT molecular complexity index is 808. The Morgan fingerprint density at radius 3 is 2.67 bits per heavy atom. The number of carbonyl (C=O) groups excluding carboxylic acids is 1. The molecule has 2 saturated heterocycles. The van der Waals surface area contributed by atoms with Crippen LogP contribution in [0.25, 0.3) is 11.0 Å².